The van der Waals surface area contributed by atoms with Crippen molar-refractivity contribution in [2.45, 2.75) is 40.2 Å². The van der Waals surface area contributed by atoms with Crippen LogP contribution >= 0.6 is 11.3 Å². The molecule has 0 aliphatic carbocycles. The van der Waals surface area contributed by atoms with Gasteiger partial charge in [0.15, 0.2) is 0 Å². The highest BCUT2D eigenvalue weighted by molar-refractivity contribution is 7.12. The molecule has 0 fully saturated rings. The van der Waals surface area contributed by atoms with Crippen LogP contribution in [0.5, 0.6) is 0 Å². The van der Waals surface area contributed by atoms with Crippen LogP contribution in [0.25, 0.3) is 0 Å². The third-order valence-electron chi connectivity index (χ3n) is 3.06. The van der Waals surface area contributed by atoms with Gasteiger partial charge in [0.25, 0.3) is 0 Å². The van der Waals surface area contributed by atoms with Gasteiger partial charge in [-0.25, -0.2) is 4.79 Å². The Morgan fingerprint density at radius 3 is 2.46 bits per heavy atom. The number of rotatable bonds is 8. The zero-order chi connectivity index (χ0) is 18.1. The molecule has 24 heavy (non-hydrogen) atoms. The molecule has 9 nitrogen and oxygen atoms in total. The number of nitrogens with zero attached hydrogens (tertiary/aromatic N) is 4. The summed E-state index contributed by atoms with van der Waals surface area (Å²) in [6.07, 6.45) is 2.91. The van der Waals surface area contributed by atoms with Crippen molar-refractivity contribution in [3.8, 4) is 0 Å². The fourth-order valence-electron chi connectivity index (χ4n) is 2.08. The quantitative estimate of drug-likeness (QED) is 0.564. The van der Waals surface area contributed by atoms with Gasteiger partial charge in [-0.15, -0.1) is 0 Å². The van der Waals surface area contributed by atoms with E-state index in [9.17, 15) is 19.7 Å². The van der Waals surface area contributed by atoms with Crippen LogP contribution < -0.4 is 10.1 Å². The molecule has 1 N–H and O–H groups in total. The van der Waals surface area contributed by atoms with Crippen molar-refractivity contribution < 1.29 is 14.5 Å². The third-order valence-corrected chi connectivity index (χ3v) is 4.03. The molecule has 1 heterocycles. The molecule has 0 atom stereocenters. The van der Waals surface area contributed by atoms with E-state index in [1.54, 1.807) is 11.8 Å². The Kier molecular flexibility index (Phi) is 8.10. The first kappa shape index (κ1) is 19.8. The Labute approximate surface area is 144 Å². The van der Waals surface area contributed by atoms with Crippen LogP contribution in [0.1, 0.15) is 33.6 Å². The lowest BCUT2D eigenvalue weighted by Gasteiger charge is -2.21. The lowest BCUT2D eigenvalue weighted by Crippen LogP contribution is -2.37. The molecule has 0 unspecified atom stereocenters. The Hall–Kier alpha value is -2.23. The monoisotopic (exact) mass is 357 g/mol. The van der Waals surface area contributed by atoms with Crippen molar-refractivity contribution in [2.75, 3.05) is 19.6 Å². The molecule has 0 bridgehead atoms. The molecular formula is C14H23N5O4S. The normalized spacial score (nSPS) is 11.4. The van der Waals surface area contributed by atoms with E-state index in [1.807, 2.05) is 13.8 Å². The summed E-state index contributed by atoms with van der Waals surface area (Å²) in [6, 6.07) is -0.589. The number of carbonyl (C=O) groups is 2. The molecular weight excluding hydrogens is 334 g/mol. The molecule has 0 aliphatic rings. The van der Waals surface area contributed by atoms with Gasteiger partial charge in [-0.3, -0.25) is 14.9 Å². The van der Waals surface area contributed by atoms with Gasteiger partial charge in [0.05, 0.1) is 11.1 Å². The first-order valence-electron chi connectivity index (χ1n) is 7.87. The SMILES string of the molecule is CCCN(CCC)C(=O)Cn1cc([N+](=O)[O-])s/c1=N\C(=O)NCC. The molecule has 1 aromatic rings. The lowest BCUT2D eigenvalue weighted by molar-refractivity contribution is -0.380. The number of hydrogen-bond donors (Lipinski definition) is 1. The first-order chi connectivity index (χ1) is 11.4. The molecule has 3 amide bonds. The summed E-state index contributed by atoms with van der Waals surface area (Å²) in [5.41, 5.74) is 0. The third kappa shape index (κ3) is 5.76. The molecule has 1 rings (SSSR count). The number of thiazole rings is 1. The number of carbonyl (C=O) groups excluding carboxylic acids is 2. The van der Waals surface area contributed by atoms with E-state index in [2.05, 4.69) is 10.3 Å². The Balaban J connectivity index is 3.10. The lowest BCUT2D eigenvalue weighted by atomic mass is 10.3. The molecule has 1 aromatic heterocycles. The molecule has 0 saturated heterocycles. The maximum absolute atomic E-state index is 12.4. The van der Waals surface area contributed by atoms with E-state index < -0.39 is 11.0 Å². The second-order valence-electron chi connectivity index (χ2n) is 5.07. The molecule has 10 heteroatoms. The Bertz CT molecular complexity index is 646. The van der Waals surface area contributed by atoms with Gasteiger partial charge in [-0.2, -0.15) is 4.99 Å². The van der Waals surface area contributed by atoms with E-state index in [0.717, 1.165) is 24.2 Å². The summed E-state index contributed by atoms with van der Waals surface area (Å²) in [6.45, 7) is 7.28. The summed E-state index contributed by atoms with van der Waals surface area (Å²) < 4.78 is 1.36. The van der Waals surface area contributed by atoms with Gasteiger partial charge >= 0.3 is 11.0 Å². The molecule has 134 valence electrons. The predicted molar refractivity (Wildman–Crippen MR) is 90.8 cm³/mol. The summed E-state index contributed by atoms with van der Waals surface area (Å²) in [5.74, 6) is -0.149. The first-order valence-corrected chi connectivity index (χ1v) is 8.69. The highest BCUT2D eigenvalue weighted by Gasteiger charge is 2.18. The van der Waals surface area contributed by atoms with Gasteiger partial charge in [-0.1, -0.05) is 13.8 Å². The van der Waals surface area contributed by atoms with Gasteiger partial charge in [0, 0.05) is 19.6 Å². The highest BCUT2D eigenvalue weighted by atomic mass is 32.1. The second-order valence-corrected chi connectivity index (χ2v) is 6.05. The Morgan fingerprint density at radius 2 is 1.96 bits per heavy atom. The van der Waals surface area contributed by atoms with Crippen molar-refractivity contribution in [1.82, 2.24) is 14.8 Å². The molecule has 0 saturated carbocycles. The van der Waals surface area contributed by atoms with E-state index in [1.165, 1.54) is 10.8 Å². The van der Waals surface area contributed by atoms with E-state index in [4.69, 9.17) is 0 Å². The molecule has 0 aromatic carbocycles. The Morgan fingerprint density at radius 1 is 1.33 bits per heavy atom. The van der Waals surface area contributed by atoms with Gasteiger partial charge in [-0.05, 0) is 31.1 Å². The summed E-state index contributed by atoms with van der Waals surface area (Å²) in [4.78, 5) is 40.1. The van der Waals surface area contributed by atoms with E-state index in [0.29, 0.717) is 19.6 Å². The zero-order valence-electron chi connectivity index (χ0n) is 14.2. The largest absolute Gasteiger partial charge is 0.343 e. The predicted octanol–water partition coefficient (Wildman–Crippen LogP) is 1.74. The average molecular weight is 357 g/mol. The van der Waals surface area contributed by atoms with E-state index in [-0.39, 0.29) is 22.3 Å². The van der Waals surface area contributed by atoms with Crippen molar-refractivity contribution in [2.24, 2.45) is 4.99 Å². The second kappa shape index (κ2) is 9.81. The van der Waals surface area contributed by atoms with Crippen molar-refractivity contribution in [1.29, 1.82) is 0 Å². The highest BCUT2D eigenvalue weighted by Crippen LogP contribution is 2.14. The average Bonchev–Trinajstić information content (AvgIpc) is 2.90. The van der Waals surface area contributed by atoms with Crippen LogP contribution in [0, 0.1) is 10.1 Å². The summed E-state index contributed by atoms with van der Waals surface area (Å²) in [5, 5.41) is 13.3. The van der Waals surface area contributed by atoms with E-state index >= 15 is 0 Å². The van der Waals surface area contributed by atoms with Crippen LogP contribution in [0.4, 0.5) is 9.80 Å². The van der Waals surface area contributed by atoms with Crippen molar-refractivity contribution in [3.05, 3.63) is 21.1 Å². The van der Waals surface area contributed by atoms with Crippen LogP contribution in [0.3, 0.4) is 0 Å². The zero-order valence-corrected chi connectivity index (χ0v) is 15.0. The summed E-state index contributed by atoms with van der Waals surface area (Å²) in [7, 11) is 0. The number of urea groups is 1. The topological polar surface area (TPSA) is 110 Å². The molecule has 0 aliphatic heterocycles. The minimum Gasteiger partial charge on any atom is -0.341 e. The van der Waals surface area contributed by atoms with Crippen LogP contribution in [-0.2, 0) is 11.3 Å². The smallest absolute Gasteiger partial charge is 0.341 e. The van der Waals surface area contributed by atoms with Crippen molar-refractivity contribution >= 4 is 28.3 Å². The summed E-state index contributed by atoms with van der Waals surface area (Å²) >= 11 is 0.768. The van der Waals surface area contributed by atoms with Gasteiger partial charge < -0.3 is 14.8 Å². The fourth-order valence-corrected chi connectivity index (χ4v) is 2.88. The minimum atomic E-state index is -0.589. The van der Waals surface area contributed by atoms with Crippen LogP contribution in [0.15, 0.2) is 11.2 Å². The molecule has 0 spiro atoms. The minimum absolute atomic E-state index is 0.0808. The van der Waals surface area contributed by atoms with Gasteiger partial charge in [0.2, 0.25) is 10.7 Å². The number of hydrogen-bond acceptors (Lipinski definition) is 5. The van der Waals surface area contributed by atoms with Gasteiger partial charge in [0.1, 0.15) is 6.54 Å². The fraction of sp³-hybridized carbons (Fsp3) is 0.643. The number of nitrogens with one attached hydrogen (secondary N) is 1. The van der Waals surface area contributed by atoms with Crippen LogP contribution in [-0.4, -0.2) is 46.0 Å². The maximum Gasteiger partial charge on any atom is 0.343 e. The molecule has 0 radical (unpaired) electrons. The van der Waals surface area contributed by atoms with Crippen LogP contribution in [0.2, 0.25) is 0 Å². The number of amides is 3. The standard InChI is InChI=1S/C14H23N5O4S/c1-4-7-17(8-5-2)11(20)9-18-10-12(19(22)23)24-14(18)16-13(21)15-6-3/h10H,4-9H2,1-3H3,(H,15,21)/b16-14-. The number of aromatic nitrogens is 1. The van der Waals surface area contributed by atoms with Crippen molar-refractivity contribution in [3.63, 3.8) is 0 Å². The maximum atomic E-state index is 12.4. The number of nitro groups is 1.